The standard InChI is InChI=1S/C17H28N2O/c1-13-7-8-17(20)14(11-13)12-15-9-10-19(18-15)16-5-3-2-4-6-16/h9-10,13-14,16-17,20H,2-8,11-12H2,1H3. The van der Waals surface area contributed by atoms with Gasteiger partial charge in [-0.3, -0.25) is 4.68 Å². The van der Waals surface area contributed by atoms with Gasteiger partial charge in [-0.25, -0.2) is 0 Å². The average Bonchev–Trinajstić information content (AvgIpc) is 2.92. The third-order valence-corrected chi connectivity index (χ3v) is 5.29. The smallest absolute Gasteiger partial charge is 0.0628 e. The number of aliphatic hydroxyl groups is 1. The van der Waals surface area contributed by atoms with E-state index in [4.69, 9.17) is 5.10 Å². The van der Waals surface area contributed by atoms with Gasteiger partial charge >= 0.3 is 0 Å². The summed E-state index contributed by atoms with van der Waals surface area (Å²) in [7, 11) is 0. The van der Waals surface area contributed by atoms with Gasteiger partial charge in [-0.05, 0) is 56.4 Å². The molecule has 3 nitrogen and oxygen atoms in total. The van der Waals surface area contributed by atoms with E-state index in [1.165, 1.54) is 44.2 Å². The monoisotopic (exact) mass is 276 g/mol. The van der Waals surface area contributed by atoms with Crippen LogP contribution < -0.4 is 0 Å². The predicted octanol–water partition coefficient (Wildman–Crippen LogP) is 3.73. The summed E-state index contributed by atoms with van der Waals surface area (Å²) in [5.41, 5.74) is 1.17. The number of aromatic nitrogens is 2. The lowest BCUT2D eigenvalue weighted by atomic mass is 9.78. The Kier molecular flexibility index (Phi) is 4.45. The molecule has 3 atom stereocenters. The van der Waals surface area contributed by atoms with Gasteiger partial charge < -0.3 is 5.11 Å². The number of aliphatic hydroxyl groups excluding tert-OH is 1. The van der Waals surface area contributed by atoms with E-state index in [1.807, 2.05) is 0 Å². The summed E-state index contributed by atoms with van der Waals surface area (Å²) in [6, 6.07) is 2.79. The molecule has 0 radical (unpaired) electrons. The topological polar surface area (TPSA) is 38.0 Å². The molecule has 1 N–H and O–H groups in total. The summed E-state index contributed by atoms with van der Waals surface area (Å²) in [5, 5.41) is 15.0. The minimum Gasteiger partial charge on any atom is -0.393 e. The molecule has 2 aliphatic carbocycles. The van der Waals surface area contributed by atoms with Gasteiger partial charge in [0.05, 0.1) is 17.8 Å². The molecule has 0 spiro atoms. The fourth-order valence-electron chi connectivity index (χ4n) is 4.01. The third-order valence-electron chi connectivity index (χ3n) is 5.29. The van der Waals surface area contributed by atoms with Gasteiger partial charge in [0.1, 0.15) is 0 Å². The van der Waals surface area contributed by atoms with Crippen LogP contribution in [-0.2, 0) is 6.42 Å². The van der Waals surface area contributed by atoms with Crippen LogP contribution in [0.4, 0.5) is 0 Å². The summed E-state index contributed by atoms with van der Waals surface area (Å²) in [6.45, 7) is 2.31. The average molecular weight is 276 g/mol. The Balaban J connectivity index is 1.61. The second kappa shape index (κ2) is 6.30. The Morgan fingerprint density at radius 2 is 2.00 bits per heavy atom. The van der Waals surface area contributed by atoms with Crippen molar-refractivity contribution < 1.29 is 5.11 Å². The van der Waals surface area contributed by atoms with Crippen molar-refractivity contribution in [3.63, 3.8) is 0 Å². The van der Waals surface area contributed by atoms with Crippen molar-refractivity contribution in [1.82, 2.24) is 9.78 Å². The van der Waals surface area contributed by atoms with Crippen LogP contribution in [0.1, 0.15) is 70.0 Å². The summed E-state index contributed by atoms with van der Waals surface area (Å²) >= 11 is 0. The highest BCUT2D eigenvalue weighted by Crippen LogP contribution is 2.32. The van der Waals surface area contributed by atoms with E-state index >= 15 is 0 Å². The Labute approximate surface area is 122 Å². The van der Waals surface area contributed by atoms with E-state index in [1.54, 1.807) is 0 Å². The quantitative estimate of drug-likeness (QED) is 0.913. The van der Waals surface area contributed by atoms with Gasteiger partial charge in [0.25, 0.3) is 0 Å². The van der Waals surface area contributed by atoms with Crippen LogP contribution in [-0.4, -0.2) is 21.0 Å². The first-order valence-electron chi connectivity index (χ1n) is 8.44. The first-order valence-corrected chi connectivity index (χ1v) is 8.44. The van der Waals surface area contributed by atoms with E-state index in [-0.39, 0.29) is 6.10 Å². The van der Waals surface area contributed by atoms with Crippen LogP contribution in [0.5, 0.6) is 0 Å². The molecule has 0 bridgehead atoms. The fraction of sp³-hybridized carbons (Fsp3) is 0.824. The molecule has 1 aromatic rings. The highest BCUT2D eigenvalue weighted by molar-refractivity contribution is 5.03. The number of rotatable bonds is 3. The maximum Gasteiger partial charge on any atom is 0.0628 e. The summed E-state index contributed by atoms with van der Waals surface area (Å²) in [6.07, 6.45) is 12.9. The SMILES string of the molecule is CC1CCC(O)C(Cc2ccn(C3CCCCC3)n2)C1. The van der Waals surface area contributed by atoms with E-state index in [0.29, 0.717) is 12.0 Å². The van der Waals surface area contributed by atoms with Crippen molar-refractivity contribution in [1.29, 1.82) is 0 Å². The minimum atomic E-state index is -0.119. The Morgan fingerprint density at radius 3 is 2.80 bits per heavy atom. The Bertz CT molecular complexity index is 422. The summed E-state index contributed by atoms with van der Waals surface area (Å²) in [4.78, 5) is 0. The van der Waals surface area contributed by atoms with Crippen molar-refractivity contribution in [2.75, 3.05) is 0 Å². The van der Waals surface area contributed by atoms with Gasteiger partial charge in [0.15, 0.2) is 0 Å². The largest absolute Gasteiger partial charge is 0.393 e. The van der Waals surface area contributed by atoms with E-state index in [9.17, 15) is 5.11 Å². The Hall–Kier alpha value is -0.830. The van der Waals surface area contributed by atoms with E-state index in [0.717, 1.165) is 25.2 Å². The molecular formula is C17H28N2O. The van der Waals surface area contributed by atoms with Crippen molar-refractivity contribution >= 4 is 0 Å². The second-order valence-electron chi connectivity index (χ2n) is 7.03. The highest BCUT2D eigenvalue weighted by Gasteiger charge is 2.28. The molecule has 20 heavy (non-hydrogen) atoms. The second-order valence-corrected chi connectivity index (χ2v) is 7.03. The van der Waals surface area contributed by atoms with Crippen molar-refractivity contribution in [2.24, 2.45) is 11.8 Å². The van der Waals surface area contributed by atoms with Gasteiger partial charge in [0.2, 0.25) is 0 Å². The lowest BCUT2D eigenvalue weighted by Crippen LogP contribution is -2.29. The van der Waals surface area contributed by atoms with E-state index in [2.05, 4.69) is 23.9 Å². The molecule has 1 aromatic heterocycles. The number of hydrogen-bond acceptors (Lipinski definition) is 2. The summed E-state index contributed by atoms with van der Waals surface area (Å²) < 4.78 is 2.19. The molecular weight excluding hydrogens is 248 g/mol. The van der Waals surface area contributed by atoms with Crippen LogP contribution in [0.15, 0.2) is 12.3 Å². The van der Waals surface area contributed by atoms with Gasteiger partial charge in [0, 0.05) is 6.20 Å². The molecule has 2 aliphatic rings. The van der Waals surface area contributed by atoms with Crippen LogP contribution in [0.3, 0.4) is 0 Å². The molecule has 0 amide bonds. The minimum absolute atomic E-state index is 0.119. The lowest BCUT2D eigenvalue weighted by molar-refractivity contribution is 0.0513. The third kappa shape index (κ3) is 3.25. The molecule has 3 heteroatoms. The van der Waals surface area contributed by atoms with Crippen LogP contribution in [0.25, 0.3) is 0 Å². The first kappa shape index (κ1) is 14.1. The molecule has 3 rings (SSSR count). The van der Waals surface area contributed by atoms with Gasteiger partial charge in [-0.15, -0.1) is 0 Å². The first-order chi connectivity index (χ1) is 9.72. The zero-order chi connectivity index (χ0) is 13.9. The zero-order valence-corrected chi connectivity index (χ0v) is 12.7. The van der Waals surface area contributed by atoms with Crippen molar-refractivity contribution in [3.05, 3.63) is 18.0 Å². The molecule has 0 aliphatic heterocycles. The van der Waals surface area contributed by atoms with Crippen LogP contribution in [0, 0.1) is 11.8 Å². The Morgan fingerprint density at radius 1 is 1.20 bits per heavy atom. The maximum atomic E-state index is 10.2. The zero-order valence-electron chi connectivity index (χ0n) is 12.7. The van der Waals surface area contributed by atoms with Gasteiger partial charge in [-0.1, -0.05) is 26.2 Å². The molecule has 2 fully saturated rings. The molecule has 2 saturated carbocycles. The highest BCUT2D eigenvalue weighted by atomic mass is 16.3. The van der Waals surface area contributed by atoms with Gasteiger partial charge in [-0.2, -0.15) is 5.10 Å². The molecule has 1 heterocycles. The van der Waals surface area contributed by atoms with Crippen molar-refractivity contribution in [2.45, 2.75) is 76.9 Å². The normalized spacial score (nSPS) is 32.4. The molecule has 112 valence electrons. The predicted molar refractivity (Wildman–Crippen MR) is 80.6 cm³/mol. The molecule has 0 aromatic carbocycles. The van der Waals surface area contributed by atoms with Crippen molar-refractivity contribution in [3.8, 4) is 0 Å². The summed E-state index contributed by atoms with van der Waals surface area (Å²) in [5.74, 6) is 1.16. The maximum absolute atomic E-state index is 10.2. The number of nitrogens with zero attached hydrogens (tertiary/aromatic N) is 2. The fourth-order valence-corrected chi connectivity index (χ4v) is 4.01. The number of hydrogen-bond donors (Lipinski definition) is 1. The van der Waals surface area contributed by atoms with Crippen LogP contribution >= 0.6 is 0 Å². The molecule has 3 unspecified atom stereocenters. The lowest BCUT2D eigenvalue weighted by Gasteiger charge is -2.31. The molecule has 0 saturated heterocycles. The van der Waals surface area contributed by atoms with Crippen LogP contribution in [0.2, 0.25) is 0 Å². The van der Waals surface area contributed by atoms with E-state index < -0.39 is 0 Å².